The van der Waals surface area contributed by atoms with Crippen LogP contribution in [-0.2, 0) is 6.42 Å². The molecule has 4 aromatic rings. The zero-order valence-corrected chi connectivity index (χ0v) is 18.4. The standard InChI is InChI=1S/C26H27N3O3/c1-17-5-3-7-23-22(17)14-24(28-23)26(30)29-12-4-6-19(16-29)25-27-15-21(32-25)13-18-8-10-20(31-2)11-9-18/h3,5,7-11,14-15,19,28H,4,6,12-13,16H2,1-2H3/t19-/m1/s1. The van der Waals surface area contributed by atoms with Gasteiger partial charge in [0.05, 0.1) is 19.2 Å². The number of piperidine rings is 1. The van der Waals surface area contributed by atoms with Crippen LogP contribution in [0.5, 0.6) is 5.75 Å². The summed E-state index contributed by atoms with van der Waals surface area (Å²) >= 11 is 0. The van der Waals surface area contributed by atoms with E-state index in [-0.39, 0.29) is 11.8 Å². The van der Waals surface area contributed by atoms with Gasteiger partial charge in [-0.25, -0.2) is 4.98 Å². The molecule has 6 nitrogen and oxygen atoms in total. The van der Waals surface area contributed by atoms with Gasteiger partial charge in [0.1, 0.15) is 17.2 Å². The van der Waals surface area contributed by atoms with E-state index in [1.165, 1.54) is 5.56 Å². The number of hydrogen-bond acceptors (Lipinski definition) is 4. The molecule has 0 bridgehead atoms. The number of carbonyl (C=O) groups is 1. The molecular weight excluding hydrogens is 402 g/mol. The van der Waals surface area contributed by atoms with Crippen LogP contribution in [0.15, 0.2) is 59.1 Å². The van der Waals surface area contributed by atoms with Gasteiger partial charge < -0.3 is 19.0 Å². The van der Waals surface area contributed by atoms with E-state index in [4.69, 9.17) is 9.15 Å². The van der Waals surface area contributed by atoms with Crippen molar-refractivity contribution in [2.75, 3.05) is 20.2 Å². The third-order valence-electron chi connectivity index (χ3n) is 6.28. The Balaban J connectivity index is 1.28. The summed E-state index contributed by atoms with van der Waals surface area (Å²) in [6.07, 6.45) is 4.39. The Kier molecular flexibility index (Phi) is 5.43. The molecule has 0 aliphatic carbocycles. The summed E-state index contributed by atoms with van der Waals surface area (Å²) in [5.41, 5.74) is 3.95. The number of aromatic nitrogens is 2. The molecular formula is C26H27N3O3. The van der Waals surface area contributed by atoms with Crippen LogP contribution in [0.25, 0.3) is 10.9 Å². The van der Waals surface area contributed by atoms with Crippen LogP contribution in [0.1, 0.15) is 52.0 Å². The number of benzene rings is 2. The first-order valence-electron chi connectivity index (χ1n) is 11.1. The van der Waals surface area contributed by atoms with Crippen LogP contribution >= 0.6 is 0 Å². The summed E-state index contributed by atoms with van der Waals surface area (Å²) in [4.78, 5) is 22.9. The number of nitrogens with zero attached hydrogens (tertiary/aromatic N) is 2. The minimum absolute atomic E-state index is 0.0373. The zero-order chi connectivity index (χ0) is 22.1. The Morgan fingerprint density at radius 3 is 2.88 bits per heavy atom. The van der Waals surface area contributed by atoms with Gasteiger partial charge in [-0.1, -0.05) is 24.3 Å². The van der Waals surface area contributed by atoms with Crippen LogP contribution in [0, 0.1) is 6.92 Å². The average molecular weight is 430 g/mol. The van der Waals surface area contributed by atoms with Crippen LogP contribution in [0.4, 0.5) is 0 Å². The van der Waals surface area contributed by atoms with Crippen LogP contribution in [-0.4, -0.2) is 41.0 Å². The second-order valence-corrected chi connectivity index (χ2v) is 8.50. The minimum atomic E-state index is 0.0373. The predicted molar refractivity (Wildman–Crippen MR) is 123 cm³/mol. The second-order valence-electron chi connectivity index (χ2n) is 8.50. The predicted octanol–water partition coefficient (Wildman–Crippen LogP) is 5.08. The van der Waals surface area contributed by atoms with Crippen LogP contribution < -0.4 is 4.74 Å². The summed E-state index contributed by atoms with van der Waals surface area (Å²) in [6.45, 7) is 3.44. The van der Waals surface area contributed by atoms with Crippen molar-refractivity contribution in [3.05, 3.63) is 83.2 Å². The van der Waals surface area contributed by atoms with Gasteiger partial charge in [0, 0.05) is 30.4 Å². The number of aromatic amines is 1. The van der Waals surface area contributed by atoms with Gasteiger partial charge in [0.25, 0.3) is 5.91 Å². The monoisotopic (exact) mass is 429 g/mol. The third kappa shape index (κ3) is 4.00. The fraction of sp³-hybridized carbons (Fsp3) is 0.308. The molecule has 0 spiro atoms. The smallest absolute Gasteiger partial charge is 0.270 e. The van der Waals surface area contributed by atoms with Gasteiger partial charge in [0.2, 0.25) is 0 Å². The van der Waals surface area contributed by atoms with Crippen molar-refractivity contribution < 1.29 is 13.9 Å². The van der Waals surface area contributed by atoms with E-state index in [0.717, 1.165) is 53.3 Å². The quantitative estimate of drug-likeness (QED) is 0.480. The number of ether oxygens (including phenoxy) is 1. The number of nitrogens with one attached hydrogen (secondary N) is 1. The molecule has 1 saturated heterocycles. The van der Waals surface area contributed by atoms with Crippen molar-refractivity contribution in [3.63, 3.8) is 0 Å². The van der Waals surface area contributed by atoms with Gasteiger partial charge in [-0.2, -0.15) is 0 Å². The molecule has 1 fully saturated rings. The van der Waals surface area contributed by atoms with Gasteiger partial charge >= 0.3 is 0 Å². The van der Waals surface area contributed by atoms with Crippen LogP contribution in [0.3, 0.4) is 0 Å². The number of oxazole rings is 1. The highest BCUT2D eigenvalue weighted by atomic mass is 16.5. The molecule has 5 rings (SSSR count). The molecule has 0 saturated carbocycles. The van der Waals surface area contributed by atoms with E-state index in [9.17, 15) is 4.79 Å². The number of likely N-dealkylation sites (tertiary alicyclic amines) is 1. The number of amides is 1. The molecule has 1 aliphatic heterocycles. The number of carbonyl (C=O) groups excluding carboxylic acids is 1. The minimum Gasteiger partial charge on any atom is -0.497 e. The highest BCUT2D eigenvalue weighted by Crippen LogP contribution is 2.29. The molecule has 1 N–H and O–H groups in total. The lowest BCUT2D eigenvalue weighted by Crippen LogP contribution is -2.39. The third-order valence-corrected chi connectivity index (χ3v) is 6.28. The maximum absolute atomic E-state index is 13.2. The van der Waals surface area contributed by atoms with E-state index < -0.39 is 0 Å². The summed E-state index contributed by atoms with van der Waals surface area (Å²) in [7, 11) is 1.66. The second kappa shape index (κ2) is 8.54. The van der Waals surface area contributed by atoms with Crippen molar-refractivity contribution in [2.24, 2.45) is 0 Å². The van der Waals surface area contributed by atoms with E-state index in [1.807, 2.05) is 47.4 Å². The largest absolute Gasteiger partial charge is 0.497 e. The van der Waals surface area contributed by atoms with E-state index >= 15 is 0 Å². The highest BCUT2D eigenvalue weighted by molar-refractivity contribution is 5.98. The lowest BCUT2D eigenvalue weighted by atomic mass is 9.97. The lowest BCUT2D eigenvalue weighted by Gasteiger charge is -2.31. The summed E-state index contributed by atoms with van der Waals surface area (Å²) in [5, 5.41) is 1.10. The maximum atomic E-state index is 13.2. The molecule has 164 valence electrons. The van der Waals surface area contributed by atoms with Crippen molar-refractivity contribution >= 4 is 16.8 Å². The number of hydrogen-bond donors (Lipinski definition) is 1. The SMILES string of the molecule is COc1ccc(Cc2cnc([C@@H]3CCCN(C(=O)c4cc5c(C)cccc5[nH]4)C3)o2)cc1. The molecule has 3 heterocycles. The molecule has 0 radical (unpaired) electrons. The fourth-order valence-corrected chi connectivity index (χ4v) is 4.49. The first kappa shape index (κ1) is 20.4. The van der Waals surface area contributed by atoms with Crippen molar-refractivity contribution in [1.82, 2.24) is 14.9 Å². The first-order chi connectivity index (χ1) is 15.6. The average Bonchev–Trinajstić information content (AvgIpc) is 3.47. The first-order valence-corrected chi connectivity index (χ1v) is 11.1. The van der Waals surface area contributed by atoms with Gasteiger partial charge in [-0.05, 0) is 55.2 Å². The lowest BCUT2D eigenvalue weighted by molar-refractivity contribution is 0.0693. The number of methoxy groups -OCH3 is 1. The zero-order valence-electron chi connectivity index (χ0n) is 18.4. The van der Waals surface area contributed by atoms with Crippen molar-refractivity contribution in [2.45, 2.75) is 32.1 Å². The molecule has 1 amide bonds. The number of rotatable bonds is 5. The Morgan fingerprint density at radius 2 is 2.09 bits per heavy atom. The van der Waals surface area contributed by atoms with E-state index in [0.29, 0.717) is 18.7 Å². The molecule has 2 aromatic carbocycles. The van der Waals surface area contributed by atoms with E-state index in [2.05, 4.69) is 23.0 Å². The van der Waals surface area contributed by atoms with E-state index in [1.54, 1.807) is 13.3 Å². The molecule has 0 unspecified atom stereocenters. The topological polar surface area (TPSA) is 71.4 Å². The summed E-state index contributed by atoms with van der Waals surface area (Å²) < 4.78 is 11.3. The molecule has 6 heteroatoms. The Bertz CT molecular complexity index is 1240. The molecule has 2 aromatic heterocycles. The van der Waals surface area contributed by atoms with Gasteiger partial charge in [-0.3, -0.25) is 4.79 Å². The van der Waals surface area contributed by atoms with Gasteiger partial charge in [-0.15, -0.1) is 0 Å². The highest BCUT2D eigenvalue weighted by Gasteiger charge is 2.29. The number of H-pyrrole nitrogens is 1. The summed E-state index contributed by atoms with van der Waals surface area (Å²) in [5.74, 6) is 2.54. The molecule has 32 heavy (non-hydrogen) atoms. The maximum Gasteiger partial charge on any atom is 0.270 e. The summed E-state index contributed by atoms with van der Waals surface area (Å²) in [6, 6.07) is 16.0. The van der Waals surface area contributed by atoms with Crippen molar-refractivity contribution in [1.29, 1.82) is 0 Å². The number of fused-ring (bicyclic) bond motifs is 1. The normalized spacial score (nSPS) is 16.4. The molecule has 1 atom stereocenters. The Hall–Kier alpha value is -3.54. The Labute approximate surface area is 187 Å². The number of aryl methyl sites for hydroxylation is 1. The van der Waals surface area contributed by atoms with Crippen LogP contribution in [0.2, 0.25) is 0 Å². The Morgan fingerprint density at radius 1 is 1.25 bits per heavy atom. The van der Waals surface area contributed by atoms with Gasteiger partial charge in [0.15, 0.2) is 5.89 Å². The molecule has 1 aliphatic rings. The fourth-order valence-electron chi connectivity index (χ4n) is 4.49. The van der Waals surface area contributed by atoms with Crippen molar-refractivity contribution in [3.8, 4) is 5.75 Å².